The van der Waals surface area contributed by atoms with Gasteiger partial charge in [0, 0.05) is 56.5 Å². The third kappa shape index (κ3) is 4.54. The van der Waals surface area contributed by atoms with Gasteiger partial charge in [-0.25, -0.2) is 0 Å². The lowest BCUT2D eigenvalue weighted by Crippen LogP contribution is -2.45. The maximum atomic E-state index is 12.5. The van der Waals surface area contributed by atoms with Crippen molar-refractivity contribution in [2.75, 3.05) is 33.7 Å². The van der Waals surface area contributed by atoms with Crippen molar-refractivity contribution in [1.29, 1.82) is 0 Å². The van der Waals surface area contributed by atoms with E-state index in [1.54, 1.807) is 0 Å². The van der Waals surface area contributed by atoms with E-state index >= 15 is 0 Å². The topological polar surface area (TPSA) is 48.5 Å². The zero-order chi connectivity index (χ0) is 16.9. The van der Waals surface area contributed by atoms with Crippen LogP contribution in [-0.4, -0.2) is 60.5 Å². The molecule has 0 radical (unpaired) electrons. The Hall–Kier alpha value is -1.46. The molecule has 5 nitrogen and oxygen atoms in total. The van der Waals surface area contributed by atoms with Gasteiger partial charge in [-0.1, -0.05) is 12.8 Å². The van der Waals surface area contributed by atoms with Crippen LogP contribution in [0.15, 0.2) is 24.5 Å². The second kappa shape index (κ2) is 8.08. The number of amides is 1. The predicted octanol–water partition coefficient (Wildman–Crippen LogP) is 1.75. The van der Waals surface area contributed by atoms with E-state index in [2.05, 4.69) is 46.3 Å². The van der Waals surface area contributed by atoms with Gasteiger partial charge in [0.1, 0.15) is 0 Å². The summed E-state index contributed by atoms with van der Waals surface area (Å²) in [4.78, 5) is 21.3. The summed E-state index contributed by atoms with van der Waals surface area (Å²) in [6.07, 6.45) is 8.25. The number of nitrogens with one attached hydrogen (secondary N) is 1. The molecule has 1 aromatic rings. The maximum Gasteiger partial charge on any atom is 0.223 e. The summed E-state index contributed by atoms with van der Waals surface area (Å²) in [6, 6.07) is 4.42. The van der Waals surface area contributed by atoms with Crippen LogP contribution in [-0.2, 0) is 11.3 Å². The van der Waals surface area contributed by atoms with Gasteiger partial charge in [0.15, 0.2) is 0 Å². The summed E-state index contributed by atoms with van der Waals surface area (Å²) < 4.78 is 0. The average Bonchev–Trinajstić information content (AvgIpc) is 3.19. The second-order valence-electron chi connectivity index (χ2n) is 7.67. The lowest BCUT2D eigenvalue weighted by molar-refractivity contribution is -0.125. The average molecular weight is 330 g/mol. The molecule has 2 heterocycles. The number of nitrogens with zero attached hydrogens (tertiary/aromatic N) is 3. The van der Waals surface area contributed by atoms with Gasteiger partial charge in [0.25, 0.3) is 0 Å². The fraction of sp³-hybridized carbons (Fsp3) is 0.684. The van der Waals surface area contributed by atoms with Crippen LogP contribution in [0.3, 0.4) is 0 Å². The summed E-state index contributed by atoms with van der Waals surface area (Å²) in [6.45, 7) is 3.93. The van der Waals surface area contributed by atoms with Crippen molar-refractivity contribution < 1.29 is 4.79 Å². The van der Waals surface area contributed by atoms with E-state index in [0.29, 0.717) is 5.92 Å². The maximum absolute atomic E-state index is 12.5. The SMILES string of the molecule is CN(C)C[C@@H]1CN(Cc2ccncc2)C[C@H]1NC(=O)C1CCCC1. The van der Waals surface area contributed by atoms with Gasteiger partial charge in [0.05, 0.1) is 0 Å². The minimum Gasteiger partial charge on any atom is -0.351 e. The lowest BCUT2D eigenvalue weighted by Gasteiger charge is -2.24. The van der Waals surface area contributed by atoms with E-state index in [-0.39, 0.29) is 17.9 Å². The molecule has 0 unspecified atom stereocenters. The highest BCUT2D eigenvalue weighted by molar-refractivity contribution is 5.79. The summed E-state index contributed by atoms with van der Waals surface area (Å²) in [5, 5.41) is 3.37. The lowest BCUT2D eigenvalue weighted by atomic mass is 10.0. The van der Waals surface area contributed by atoms with Crippen molar-refractivity contribution in [3.05, 3.63) is 30.1 Å². The molecule has 0 aromatic carbocycles. The molecule has 1 saturated carbocycles. The Morgan fingerprint density at radius 1 is 1.25 bits per heavy atom. The highest BCUT2D eigenvalue weighted by atomic mass is 16.2. The number of aromatic nitrogens is 1. The predicted molar refractivity (Wildman–Crippen MR) is 95.4 cm³/mol. The molecule has 2 fully saturated rings. The van der Waals surface area contributed by atoms with Crippen LogP contribution in [0.4, 0.5) is 0 Å². The van der Waals surface area contributed by atoms with Gasteiger partial charge in [-0.15, -0.1) is 0 Å². The van der Waals surface area contributed by atoms with E-state index in [1.165, 1.54) is 18.4 Å². The molecule has 0 spiro atoms. The fourth-order valence-corrected chi connectivity index (χ4v) is 4.14. The third-order valence-corrected chi connectivity index (χ3v) is 5.33. The van der Waals surface area contributed by atoms with Gasteiger partial charge < -0.3 is 10.2 Å². The standard InChI is InChI=1S/C19H30N4O/c1-22(2)12-17-13-23(11-15-7-9-20-10-8-15)14-18(17)21-19(24)16-5-3-4-6-16/h7-10,16-18H,3-6,11-14H2,1-2H3,(H,21,24)/t17-,18-/m1/s1. The molecule has 5 heteroatoms. The molecule has 1 N–H and O–H groups in total. The van der Waals surface area contributed by atoms with E-state index < -0.39 is 0 Å². The molecule has 1 aliphatic carbocycles. The third-order valence-electron chi connectivity index (χ3n) is 5.33. The molecule has 0 bridgehead atoms. The summed E-state index contributed by atoms with van der Waals surface area (Å²) >= 11 is 0. The number of rotatable bonds is 6. The Balaban J connectivity index is 1.60. The molecular formula is C19H30N4O. The smallest absolute Gasteiger partial charge is 0.223 e. The van der Waals surface area contributed by atoms with Crippen molar-refractivity contribution in [3.8, 4) is 0 Å². The van der Waals surface area contributed by atoms with E-state index in [4.69, 9.17) is 0 Å². The van der Waals surface area contributed by atoms with E-state index in [0.717, 1.165) is 39.0 Å². The number of carbonyl (C=O) groups excluding carboxylic acids is 1. The number of hydrogen-bond donors (Lipinski definition) is 1. The first kappa shape index (κ1) is 17.4. The summed E-state index contributed by atoms with van der Waals surface area (Å²) in [7, 11) is 4.22. The van der Waals surface area contributed by atoms with Crippen molar-refractivity contribution >= 4 is 5.91 Å². The molecule has 1 aromatic heterocycles. The number of likely N-dealkylation sites (tertiary alicyclic amines) is 1. The monoisotopic (exact) mass is 330 g/mol. The molecule has 1 amide bonds. The van der Waals surface area contributed by atoms with Crippen LogP contribution in [0.1, 0.15) is 31.2 Å². The zero-order valence-corrected chi connectivity index (χ0v) is 14.9. The molecule has 2 atom stereocenters. The Morgan fingerprint density at radius 2 is 1.96 bits per heavy atom. The largest absolute Gasteiger partial charge is 0.351 e. The Morgan fingerprint density at radius 3 is 2.62 bits per heavy atom. The van der Waals surface area contributed by atoms with Crippen molar-refractivity contribution in [2.45, 2.75) is 38.3 Å². The highest BCUT2D eigenvalue weighted by Gasteiger charge is 2.35. The Bertz CT molecular complexity index is 527. The molecule has 1 aliphatic heterocycles. The van der Waals surface area contributed by atoms with Gasteiger partial charge in [0.2, 0.25) is 5.91 Å². The number of carbonyl (C=O) groups is 1. The van der Waals surface area contributed by atoms with Crippen molar-refractivity contribution in [1.82, 2.24) is 20.1 Å². The minimum absolute atomic E-state index is 0.249. The Labute approximate surface area is 145 Å². The van der Waals surface area contributed by atoms with Crippen LogP contribution in [0.2, 0.25) is 0 Å². The number of hydrogen-bond acceptors (Lipinski definition) is 4. The summed E-state index contributed by atoms with van der Waals surface area (Å²) in [5.41, 5.74) is 1.29. The van der Waals surface area contributed by atoms with Gasteiger partial charge in [-0.3, -0.25) is 14.7 Å². The van der Waals surface area contributed by atoms with Crippen LogP contribution < -0.4 is 5.32 Å². The second-order valence-corrected chi connectivity index (χ2v) is 7.67. The molecule has 2 aliphatic rings. The first-order valence-corrected chi connectivity index (χ1v) is 9.18. The first-order chi connectivity index (χ1) is 11.6. The van der Waals surface area contributed by atoms with E-state index in [1.807, 2.05) is 12.4 Å². The normalized spacial score (nSPS) is 25.5. The van der Waals surface area contributed by atoms with Crippen molar-refractivity contribution in [3.63, 3.8) is 0 Å². The quantitative estimate of drug-likeness (QED) is 0.863. The van der Waals surface area contributed by atoms with E-state index in [9.17, 15) is 4.79 Å². The van der Waals surface area contributed by atoms with Gasteiger partial charge in [-0.2, -0.15) is 0 Å². The molecular weight excluding hydrogens is 300 g/mol. The highest BCUT2D eigenvalue weighted by Crippen LogP contribution is 2.26. The molecule has 3 rings (SSSR count). The Kier molecular flexibility index (Phi) is 5.85. The molecule has 1 saturated heterocycles. The summed E-state index contributed by atoms with van der Waals surface area (Å²) in [5.74, 6) is 1.03. The van der Waals surface area contributed by atoms with Crippen LogP contribution in [0, 0.1) is 11.8 Å². The number of pyridine rings is 1. The fourth-order valence-electron chi connectivity index (χ4n) is 4.14. The van der Waals surface area contributed by atoms with Crippen LogP contribution >= 0.6 is 0 Å². The minimum atomic E-state index is 0.249. The van der Waals surface area contributed by atoms with Crippen molar-refractivity contribution in [2.24, 2.45) is 11.8 Å². The zero-order valence-electron chi connectivity index (χ0n) is 14.9. The van der Waals surface area contributed by atoms with Gasteiger partial charge in [-0.05, 0) is 44.6 Å². The molecule has 24 heavy (non-hydrogen) atoms. The van der Waals surface area contributed by atoms with Crippen LogP contribution in [0.5, 0.6) is 0 Å². The molecule has 132 valence electrons. The van der Waals surface area contributed by atoms with Gasteiger partial charge >= 0.3 is 0 Å². The van der Waals surface area contributed by atoms with Crippen LogP contribution in [0.25, 0.3) is 0 Å². The first-order valence-electron chi connectivity index (χ1n) is 9.18.